The fourth-order valence-electron chi connectivity index (χ4n) is 6.38. The maximum atomic E-state index is 2.77. The predicted octanol–water partition coefficient (Wildman–Crippen LogP) is 6.57. The molecular weight excluding hydrogens is 412 g/mol. The number of fused-ring (bicyclic) bond motifs is 9. The summed E-state index contributed by atoms with van der Waals surface area (Å²) in [5, 5.41) is 0. The molecule has 34 heavy (non-hydrogen) atoms. The van der Waals surface area contributed by atoms with Gasteiger partial charge in [-0.1, -0.05) is 67.9 Å². The minimum absolute atomic E-state index is 0.802. The van der Waals surface area contributed by atoms with E-state index in [2.05, 4.69) is 65.8 Å². The van der Waals surface area contributed by atoms with E-state index in [1.54, 1.807) is 16.0 Å². The monoisotopic (exact) mass is 461 g/mol. The van der Waals surface area contributed by atoms with Crippen molar-refractivity contribution in [3.05, 3.63) is 72.0 Å². The van der Waals surface area contributed by atoms with Gasteiger partial charge in [0.1, 0.15) is 6.54 Å². The van der Waals surface area contributed by atoms with Gasteiger partial charge in [0.05, 0.1) is 12.7 Å². The van der Waals surface area contributed by atoms with Crippen LogP contribution >= 0.6 is 0 Å². The molecular formula is C32H49N2+. The first-order valence-corrected chi connectivity index (χ1v) is 14.5. The second kappa shape index (κ2) is 14.7. The number of piperidine rings is 1. The summed E-state index contributed by atoms with van der Waals surface area (Å²) in [5.41, 5.74) is 3.40. The number of nitrogens with zero attached hydrogens (tertiary/aromatic N) is 1. The zero-order valence-corrected chi connectivity index (χ0v) is 21.6. The third-order valence-corrected chi connectivity index (χ3v) is 8.28. The van der Waals surface area contributed by atoms with Crippen molar-refractivity contribution in [2.45, 2.75) is 83.5 Å². The van der Waals surface area contributed by atoms with Crippen molar-refractivity contribution in [2.75, 3.05) is 32.7 Å². The average molecular weight is 462 g/mol. The highest BCUT2D eigenvalue weighted by Crippen LogP contribution is 2.35. The van der Waals surface area contributed by atoms with Crippen LogP contribution in [0.25, 0.3) is 0 Å². The molecule has 0 aromatic rings. The lowest BCUT2D eigenvalue weighted by Gasteiger charge is -2.41. The molecule has 5 heterocycles. The lowest BCUT2D eigenvalue weighted by Crippen LogP contribution is -3.08. The molecule has 0 aliphatic carbocycles. The fraction of sp³-hybridized carbons (Fsp3) is 0.625. The van der Waals surface area contributed by atoms with E-state index in [1.165, 1.54) is 116 Å². The van der Waals surface area contributed by atoms with Crippen LogP contribution in [0.1, 0.15) is 83.5 Å². The van der Waals surface area contributed by atoms with E-state index in [9.17, 15) is 0 Å². The van der Waals surface area contributed by atoms with Crippen LogP contribution < -0.4 is 4.90 Å². The summed E-state index contributed by atoms with van der Waals surface area (Å²) in [6.07, 6.45) is 40.9. The summed E-state index contributed by atoms with van der Waals surface area (Å²) in [6.45, 7) is 6.28. The van der Waals surface area contributed by atoms with Gasteiger partial charge < -0.3 is 9.80 Å². The molecule has 1 N–H and O–H groups in total. The Labute approximate surface area is 209 Å². The summed E-state index contributed by atoms with van der Waals surface area (Å²) in [5.74, 6) is 1.64. The molecule has 5 rings (SSSR count). The fourth-order valence-corrected chi connectivity index (χ4v) is 6.38. The number of hydrogen-bond acceptors (Lipinski definition) is 1. The highest BCUT2D eigenvalue weighted by atomic mass is 15.1. The minimum atomic E-state index is 0.802. The van der Waals surface area contributed by atoms with E-state index in [0.29, 0.717) is 0 Å². The molecule has 0 radical (unpaired) electrons. The van der Waals surface area contributed by atoms with Crippen molar-refractivity contribution in [2.24, 2.45) is 11.8 Å². The third kappa shape index (κ3) is 8.54. The van der Waals surface area contributed by atoms with E-state index < -0.39 is 0 Å². The van der Waals surface area contributed by atoms with Gasteiger partial charge in [0.2, 0.25) is 0 Å². The Morgan fingerprint density at radius 1 is 0.706 bits per heavy atom. The second-order valence-electron chi connectivity index (χ2n) is 11.0. The van der Waals surface area contributed by atoms with Gasteiger partial charge >= 0.3 is 0 Å². The molecule has 1 saturated heterocycles. The van der Waals surface area contributed by atoms with E-state index in [4.69, 9.17) is 0 Å². The molecule has 186 valence electrons. The largest absolute Gasteiger partial charge is 0.305 e. The summed E-state index contributed by atoms with van der Waals surface area (Å²) in [6, 6.07) is 0. The van der Waals surface area contributed by atoms with Crippen molar-refractivity contribution in [1.29, 1.82) is 0 Å². The van der Waals surface area contributed by atoms with Gasteiger partial charge in [-0.25, -0.2) is 0 Å². The zero-order valence-electron chi connectivity index (χ0n) is 21.6. The van der Waals surface area contributed by atoms with Crippen molar-refractivity contribution in [1.82, 2.24) is 4.90 Å². The van der Waals surface area contributed by atoms with Crippen LogP contribution in [0, 0.1) is 11.8 Å². The highest BCUT2D eigenvalue weighted by Gasteiger charge is 2.33. The zero-order chi connectivity index (χ0) is 23.3. The smallest absolute Gasteiger partial charge is 0.104 e. The number of allylic oxidation sites excluding steroid dienone is 8. The summed E-state index contributed by atoms with van der Waals surface area (Å²) in [4.78, 5) is 4.46. The molecule has 0 aromatic carbocycles. The minimum Gasteiger partial charge on any atom is -0.305 e. The number of hydrogen-bond donors (Lipinski definition) is 1. The van der Waals surface area contributed by atoms with Crippen LogP contribution in [-0.2, 0) is 0 Å². The number of rotatable bonds is 0. The van der Waals surface area contributed by atoms with E-state index in [0.717, 1.165) is 11.8 Å². The molecule has 2 heteroatoms. The molecule has 0 saturated carbocycles. The van der Waals surface area contributed by atoms with Gasteiger partial charge in [0, 0.05) is 25.1 Å². The molecule has 0 spiro atoms. The SMILES string of the molecule is C1=C2C=C3C[NH+]1CC/C=C\C=C/CCCCCC[C@@H]1CN(CC/C=C/C=C\CCCC2)CC[C@@H]31. The van der Waals surface area contributed by atoms with Crippen molar-refractivity contribution >= 4 is 0 Å². The Balaban J connectivity index is 1.55. The van der Waals surface area contributed by atoms with Gasteiger partial charge in [-0.15, -0.1) is 0 Å². The Morgan fingerprint density at radius 2 is 1.44 bits per heavy atom. The Morgan fingerprint density at radius 3 is 2.29 bits per heavy atom. The van der Waals surface area contributed by atoms with Crippen molar-refractivity contribution in [3.8, 4) is 0 Å². The Hall–Kier alpha value is -1.64. The first-order valence-electron chi connectivity index (χ1n) is 14.5. The standard InChI is InChI=1S/C32H48N2/c1-2-5-10-14-18-23-34-26-29-19-15-11-7-4-6-9-13-17-22-33-24-21-32(31(25-29)28-34)30(27-33)20-16-12-8-3-1/h2,4-6,9-10,13-14,25-26,30,32H,1,3,7-8,11-12,15-24,27-28H2/p+1/b5-2-,6-4-,13-9+,14-10-/t30-,32-/m1/s1. The van der Waals surface area contributed by atoms with Crippen LogP contribution in [0.5, 0.6) is 0 Å². The molecule has 2 nitrogen and oxygen atoms in total. The highest BCUT2D eigenvalue weighted by molar-refractivity contribution is 5.27. The maximum absolute atomic E-state index is 2.77. The molecule has 0 aromatic heterocycles. The maximum Gasteiger partial charge on any atom is 0.104 e. The first-order chi connectivity index (χ1) is 16.9. The normalized spacial score (nSPS) is 36.0. The quantitative estimate of drug-likeness (QED) is 0.429. The van der Waals surface area contributed by atoms with Gasteiger partial charge in [0.15, 0.2) is 0 Å². The summed E-state index contributed by atoms with van der Waals surface area (Å²) < 4.78 is 0. The van der Waals surface area contributed by atoms with E-state index in [-0.39, 0.29) is 0 Å². The van der Waals surface area contributed by atoms with E-state index in [1.807, 2.05) is 0 Å². The molecule has 6 bridgehead atoms. The topological polar surface area (TPSA) is 7.68 Å². The lowest BCUT2D eigenvalue weighted by atomic mass is 9.76. The van der Waals surface area contributed by atoms with Crippen molar-refractivity contribution < 1.29 is 4.90 Å². The van der Waals surface area contributed by atoms with Crippen LogP contribution in [-0.4, -0.2) is 37.6 Å². The molecule has 1 fully saturated rings. The predicted molar refractivity (Wildman–Crippen MR) is 147 cm³/mol. The Kier molecular flexibility index (Phi) is 11.0. The molecule has 5 aliphatic rings. The van der Waals surface area contributed by atoms with Crippen LogP contribution in [0.15, 0.2) is 72.0 Å². The molecule has 2 unspecified atom stereocenters. The van der Waals surface area contributed by atoms with Crippen LogP contribution in [0.2, 0.25) is 0 Å². The van der Waals surface area contributed by atoms with Gasteiger partial charge in [-0.3, -0.25) is 0 Å². The van der Waals surface area contributed by atoms with E-state index >= 15 is 0 Å². The molecule has 4 atom stereocenters. The third-order valence-electron chi connectivity index (χ3n) is 8.28. The average Bonchev–Trinajstić information content (AvgIpc) is 2.85. The van der Waals surface area contributed by atoms with Gasteiger partial charge in [0.25, 0.3) is 0 Å². The summed E-state index contributed by atoms with van der Waals surface area (Å²) in [7, 11) is 0. The molecule has 0 amide bonds. The van der Waals surface area contributed by atoms with Crippen LogP contribution in [0.4, 0.5) is 0 Å². The van der Waals surface area contributed by atoms with Gasteiger partial charge in [-0.05, 0) is 87.8 Å². The van der Waals surface area contributed by atoms with Crippen molar-refractivity contribution in [3.63, 3.8) is 0 Å². The number of quaternary nitrogens is 1. The first kappa shape index (κ1) is 25.5. The summed E-state index contributed by atoms with van der Waals surface area (Å²) >= 11 is 0. The van der Waals surface area contributed by atoms with Gasteiger partial charge in [-0.2, -0.15) is 0 Å². The second-order valence-corrected chi connectivity index (χ2v) is 11.0. The Bertz CT molecular complexity index is 781. The lowest BCUT2D eigenvalue weighted by molar-refractivity contribution is -0.842. The van der Waals surface area contributed by atoms with Crippen LogP contribution in [0.3, 0.4) is 0 Å². The molecule has 5 aliphatic heterocycles. The number of nitrogens with one attached hydrogen (secondary N) is 1.